The molecule has 7 rings (SSSR count). The number of nitrogens with zero attached hydrogens (tertiary/aromatic N) is 4. The van der Waals surface area contributed by atoms with Gasteiger partial charge in [-0.1, -0.05) is 48.5 Å². The average molecular weight is 445 g/mol. The van der Waals surface area contributed by atoms with Gasteiger partial charge >= 0.3 is 0 Å². The van der Waals surface area contributed by atoms with Crippen molar-refractivity contribution in [2.45, 2.75) is 26.2 Å². The maximum atomic E-state index is 2.44. The minimum Gasteiger partial charge on any atom is -0.354 e. The Labute approximate surface area is 200 Å². The molecule has 4 heteroatoms. The molecule has 0 amide bonds. The van der Waals surface area contributed by atoms with Gasteiger partial charge in [0.25, 0.3) is 0 Å². The van der Waals surface area contributed by atoms with E-state index in [4.69, 9.17) is 0 Å². The highest BCUT2D eigenvalue weighted by Gasteiger charge is 2.21. The van der Waals surface area contributed by atoms with Crippen molar-refractivity contribution in [3.8, 4) is 0 Å². The van der Waals surface area contributed by atoms with E-state index in [-0.39, 0.29) is 0 Å². The quantitative estimate of drug-likeness (QED) is 0.340. The first-order valence-electron chi connectivity index (χ1n) is 12.1. The molecule has 3 heterocycles. The van der Waals surface area contributed by atoms with Gasteiger partial charge in [0.05, 0.1) is 13.3 Å². The second-order valence-corrected chi connectivity index (χ2v) is 9.80. The number of benzene rings is 4. The van der Waals surface area contributed by atoms with E-state index in [0.717, 1.165) is 39.5 Å². The molecule has 4 aromatic rings. The Morgan fingerprint density at radius 2 is 0.647 bits per heavy atom. The number of rotatable bonds is 0. The first-order valence-corrected chi connectivity index (χ1v) is 12.1. The van der Waals surface area contributed by atoms with Crippen LogP contribution in [0.1, 0.15) is 22.3 Å². The van der Waals surface area contributed by atoms with Gasteiger partial charge in [-0.25, -0.2) is 0 Å². The highest BCUT2D eigenvalue weighted by molar-refractivity contribution is 5.85. The summed E-state index contributed by atoms with van der Waals surface area (Å²) in [6, 6.07) is 27.0. The molecule has 0 aromatic heterocycles. The maximum Gasteiger partial charge on any atom is 0.0900 e. The monoisotopic (exact) mass is 444 g/mol. The predicted molar refractivity (Wildman–Crippen MR) is 138 cm³/mol. The molecule has 0 unspecified atom stereocenters. The van der Waals surface area contributed by atoms with E-state index in [1.807, 2.05) is 0 Å². The third kappa shape index (κ3) is 3.56. The zero-order chi connectivity index (χ0) is 22.5. The van der Waals surface area contributed by atoms with Gasteiger partial charge in [0.15, 0.2) is 0 Å². The lowest BCUT2D eigenvalue weighted by Crippen LogP contribution is -2.29. The minimum absolute atomic E-state index is 0.921. The van der Waals surface area contributed by atoms with Gasteiger partial charge in [-0.15, -0.1) is 0 Å². The molecule has 0 saturated carbocycles. The third-order valence-electron chi connectivity index (χ3n) is 7.33. The largest absolute Gasteiger partial charge is 0.354 e. The lowest BCUT2D eigenvalue weighted by molar-refractivity contribution is 0.239. The van der Waals surface area contributed by atoms with Crippen LogP contribution in [0.5, 0.6) is 0 Å². The van der Waals surface area contributed by atoms with E-state index in [2.05, 4.69) is 117 Å². The molecule has 4 aromatic carbocycles. The summed E-state index contributed by atoms with van der Waals surface area (Å²) in [5, 5.41) is 5.28. The summed E-state index contributed by atoms with van der Waals surface area (Å²) >= 11 is 0. The Morgan fingerprint density at radius 1 is 0.382 bits per heavy atom. The topological polar surface area (TPSA) is 13.0 Å². The Balaban J connectivity index is 1.28. The van der Waals surface area contributed by atoms with E-state index >= 15 is 0 Å². The van der Waals surface area contributed by atoms with Crippen molar-refractivity contribution in [3.63, 3.8) is 0 Å². The van der Waals surface area contributed by atoms with Crippen LogP contribution in [0.25, 0.3) is 21.5 Å². The molecule has 34 heavy (non-hydrogen) atoms. The van der Waals surface area contributed by atoms with Crippen molar-refractivity contribution >= 4 is 21.5 Å². The van der Waals surface area contributed by atoms with Crippen LogP contribution >= 0.6 is 0 Å². The molecule has 0 N–H and O–H groups in total. The first kappa shape index (κ1) is 19.5. The molecule has 0 fully saturated rings. The van der Waals surface area contributed by atoms with E-state index < -0.39 is 0 Å². The van der Waals surface area contributed by atoms with Crippen LogP contribution in [-0.2, 0) is 26.2 Å². The van der Waals surface area contributed by atoms with Crippen LogP contribution in [0.3, 0.4) is 0 Å². The molecule has 3 aliphatic rings. The maximum absolute atomic E-state index is 2.44. The third-order valence-corrected chi connectivity index (χ3v) is 7.33. The average Bonchev–Trinajstić information content (AvgIpc) is 3.48. The van der Waals surface area contributed by atoms with E-state index in [1.165, 1.54) is 43.8 Å². The molecule has 4 bridgehead atoms. The van der Waals surface area contributed by atoms with Crippen molar-refractivity contribution in [1.82, 2.24) is 19.6 Å². The van der Waals surface area contributed by atoms with Gasteiger partial charge in [0.2, 0.25) is 0 Å². The molecule has 0 atom stereocenters. The Hall–Kier alpha value is -3.92. The molecule has 0 saturated heterocycles. The molecular weight excluding hydrogens is 416 g/mol. The van der Waals surface area contributed by atoms with Gasteiger partial charge in [0, 0.05) is 51.0 Å². The Kier molecular flexibility index (Phi) is 4.51. The van der Waals surface area contributed by atoms with Crippen molar-refractivity contribution in [1.29, 1.82) is 0 Å². The fraction of sp³-hybridized carbons (Fsp3) is 0.200. The summed E-state index contributed by atoms with van der Waals surface area (Å²) in [5.41, 5.74) is 5.67. The van der Waals surface area contributed by atoms with Crippen molar-refractivity contribution < 1.29 is 0 Å². The smallest absolute Gasteiger partial charge is 0.0900 e. The summed E-state index contributed by atoms with van der Waals surface area (Å²) in [6.07, 6.45) is 9.04. The first-order chi connectivity index (χ1) is 16.8. The van der Waals surface area contributed by atoms with Gasteiger partial charge in [-0.05, 0) is 68.1 Å². The molecule has 0 aliphatic carbocycles. The van der Waals surface area contributed by atoms with Crippen molar-refractivity contribution in [2.24, 2.45) is 0 Å². The molecule has 168 valence electrons. The SMILES string of the molecule is C1=CN2Cc3cc4ccccc4cc3CN3C=CN(Cc4cc5ccccc5cc4CN1C2)C3. The second kappa shape index (κ2) is 7.84. The van der Waals surface area contributed by atoms with Crippen LogP contribution < -0.4 is 0 Å². The highest BCUT2D eigenvalue weighted by atomic mass is 15.3. The van der Waals surface area contributed by atoms with Crippen LogP contribution in [0.2, 0.25) is 0 Å². The minimum atomic E-state index is 0.921. The predicted octanol–water partition coefficient (Wildman–Crippen LogP) is 5.80. The zero-order valence-electron chi connectivity index (χ0n) is 19.3. The summed E-state index contributed by atoms with van der Waals surface area (Å²) in [5.74, 6) is 0. The van der Waals surface area contributed by atoms with Gasteiger partial charge in [-0.3, -0.25) is 0 Å². The standard InChI is InChI=1S/C30H28N4/c1-2-6-24-14-28-18-32-11-12-34(22-32)20-30-16-26-8-4-3-7-25(26)15-29(30)19-33-10-9-31(21-33)17-27(28)13-23(24)5-1/h1-16H,17-22H2. The lowest BCUT2D eigenvalue weighted by Gasteiger charge is -2.28. The molecule has 3 aliphatic heterocycles. The van der Waals surface area contributed by atoms with Gasteiger partial charge in [-0.2, -0.15) is 0 Å². The second-order valence-electron chi connectivity index (χ2n) is 9.80. The lowest BCUT2D eigenvalue weighted by atomic mass is 9.99. The van der Waals surface area contributed by atoms with E-state index in [9.17, 15) is 0 Å². The summed E-state index contributed by atoms with van der Waals surface area (Å²) < 4.78 is 0. The molecular formula is C30H28N4. The Bertz CT molecular complexity index is 1240. The van der Waals surface area contributed by atoms with Crippen molar-refractivity contribution in [2.75, 3.05) is 13.3 Å². The summed E-state index contributed by atoms with van der Waals surface area (Å²) in [4.78, 5) is 9.75. The summed E-state index contributed by atoms with van der Waals surface area (Å²) in [6.45, 7) is 5.56. The van der Waals surface area contributed by atoms with Crippen molar-refractivity contribution in [3.05, 3.63) is 120 Å². The Morgan fingerprint density at radius 3 is 0.912 bits per heavy atom. The molecule has 4 nitrogen and oxygen atoms in total. The highest BCUT2D eigenvalue weighted by Crippen LogP contribution is 2.28. The van der Waals surface area contributed by atoms with E-state index in [1.54, 1.807) is 0 Å². The van der Waals surface area contributed by atoms with Gasteiger partial charge in [0.1, 0.15) is 0 Å². The number of hydrogen-bond donors (Lipinski definition) is 0. The van der Waals surface area contributed by atoms with Crippen LogP contribution in [0.15, 0.2) is 97.6 Å². The molecule has 0 spiro atoms. The van der Waals surface area contributed by atoms with Crippen LogP contribution in [0, 0.1) is 0 Å². The fourth-order valence-electron chi connectivity index (χ4n) is 5.58. The van der Waals surface area contributed by atoms with Crippen LogP contribution in [0.4, 0.5) is 0 Å². The zero-order valence-corrected chi connectivity index (χ0v) is 19.3. The van der Waals surface area contributed by atoms with Crippen LogP contribution in [-0.4, -0.2) is 32.9 Å². The number of hydrogen-bond acceptors (Lipinski definition) is 4. The molecule has 0 radical (unpaired) electrons. The normalized spacial score (nSPS) is 17.4. The fourth-order valence-corrected chi connectivity index (χ4v) is 5.58. The van der Waals surface area contributed by atoms with Gasteiger partial charge < -0.3 is 19.6 Å². The number of fused-ring (bicyclic) bond motifs is 8. The van der Waals surface area contributed by atoms with E-state index in [0.29, 0.717) is 0 Å². The summed E-state index contributed by atoms with van der Waals surface area (Å²) in [7, 11) is 0.